The first-order chi connectivity index (χ1) is 48.8. The van der Waals surface area contributed by atoms with Crippen LogP contribution in [0, 0.1) is 34.6 Å². The smallest absolute Gasteiger partial charge is 0.108 e. The second-order valence-corrected chi connectivity index (χ2v) is 28.0. The van der Waals surface area contributed by atoms with Gasteiger partial charge < -0.3 is 49.0 Å². The minimum Gasteiger partial charge on any atom is -0.359 e. The van der Waals surface area contributed by atoms with Crippen molar-refractivity contribution in [1.82, 2.24) is 4.90 Å². The van der Waals surface area contributed by atoms with Gasteiger partial charge in [-0.1, -0.05) is 197 Å². The highest BCUT2D eigenvalue weighted by Gasteiger charge is 2.38. The Morgan fingerprint density at radius 2 is 0.535 bits per heavy atom. The van der Waals surface area contributed by atoms with Gasteiger partial charge in [0.25, 0.3) is 0 Å². The van der Waals surface area contributed by atoms with Gasteiger partial charge in [0.2, 0.25) is 0 Å². The molecule has 11 aromatic rings. The Bertz CT molecular complexity index is 4640. The number of rotatable bonds is 8. The molecule has 514 valence electrons. The molecule has 0 saturated carbocycles. The van der Waals surface area contributed by atoms with Crippen molar-refractivity contribution >= 4 is 79.6 Å². The summed E-state index contributed by atoms with van der Waals surface area (Å²) in [6.07, 6.45) is 10.0. The van der Waals surface area contributed by atoms with Crippen LogP contribution in [-0.2, 0) is 5.41 Å². The third-order valence-corrected chi connectivity index (χ3v) is 20.4. The topological polar surface area (TPSA) is 32.4 Å². The average Bonchev–Trinajstić information content (AvgIpc) is 1.60. The molecule has 11 aromatic carbocycles. The molecular formula is C91H100N10. The van der Waals surface area contributed by atoms with Crippen molar-refractivity contribution in [1.29, 1.82) is 0 Å². The number of hydrogen-bond donors (Lipinski definition) is 0. The van der Waals surface area contributed by atoms with Crippen LogP contribution in [0.2, 0.25) is 0 Å². The molecule has 5 heterocycles. The van der Waals surface area contributed by atoms with Crippen LogP contribution in [-0.4, -0.2) is 49.8 Å². The molecule has 0 saturated heterocycles. The number of para-hydroxylation sites is 12. The van der Waals surface area contributed by atoms with Crippen molar-refractivity contribution in [2.75, 3.05) is 58.2 Å². The summed E-state index contributed by atoms with van der Waals surface area (Å²) >= 11 is 0. The van der Waals surface area contributed by atoms with Gasteiger partial charge in [-0.3, -0.25) is 0 Å². The SMILES string of the molecule is Cc1ccccc1N1C=CN(C)C1C.Cc1ccccc1N1C=CN(c2ccccc2)C1C.Cc1ccccc1N1c2cc(C(C)(C)C)ccc2N(c2ccccc2)C1C.Cc1ccccc1N1c2ccccc2N(C)C1C.Cc1ccccc1N1c2ccccc2N(c2ccccc2)C1C. The van der Waals surface area contributed by atoms with Gasteiger partial charge in [-0.05, 0) is 211 Å². The van der Waals surface area contributed by atoms with E-state index >= 15 is 0 Å². The Balaban J connectivity index is 0.000000121. The molecule has 0 radical (unpaired) electrons. The van der Waals surface area contributed by atoms with Gasteiger partial charge in [-0.2, -0.15) is 0 Å². The third-order valence-electron chi connectivity index (χ3n) is 20.4. The number of benzene rings is 11. The number of fused-ring (bicyclic) bond motifs is 3. The number of aryl methyl sites for hydroxylation is 5. The zero-order chi connectivity index (χ0) is 71.1. The standard InChI is InChI=1S/C25H28N2.C21H20N2.C17H18N2.C16H18N2.C12H16N2/c1-18-11-9-10-14-22(18)27-19(2)26(21-12-7-6-8-13-21)23-16-15-20(17-24(23)27)25(3,4)5;1-16-10-6-7-13-19(16)23-17(2)22(18-11-4-3-5-12-18)20-14-8-9-15-21(20)23;1-14-8-6-7-11-17(14)19-13-12-18(15(19)2)16-9-4-3-5-10-16;1-12-8-4-5-9-14(12)18-13(2)17(3)15-10-6-7-11-16(15)18;1-10-6-4-5-7-12(10)14-9-8-13(3)11(14)2/h6-17,19H,1-5H3;3-15,17H,1-2H3;3-13,15H,1-2H3;4-11,13H,1-3H3;4-9,11H,1-3H3. The molecule has 0 fully saturated rings. The molecule has 0 N–H and O–H groups in total. The molecule has 5 aliphatic rings. The largest absolute Gasteiger partial charge is 0.359 e. The highest BCUT2D eigenvalue weighted by molar-refractivity contribution is 5.91. The summed E-state index contributed by atoms with van der Waals surface area (Å²) in [4.78, 5) is 23.6. The van der Waals surface area contributed by atoms with Gasteiger partial charge in [-0.25, -0.2) is 0 Å². The fraction of sp³-hybridized carbons (Fsp3) is 0.231. The van der Waals surface area contributed by atoms with E-state index in [4.69, 9.17) is 0 Å². The van der Waals surface area contributed by atoms with E-state index in [1.807, 2.05) is 6.07 Å². The number of nitrogens with zero attached hydrogens (tertiary/aromatic N) is 10. The van der Waals surface area contributed by atoms with Crippen LogP contribution in [0.3, 0.4) is 0 Å². The van der Waals surface area contributed by atoms with Crippen molar-refractivity contribution in [2.45, 2.75) is 126 Å². The van der Waals surface area contributed by atoms with Crippen LogP contribution >= 0.6 is 0 Å². The van der Waals surface area contributed by atoms with Gasteiger partial charge in [0.05, 0.1) is 34.1 Å². The Morgan fingerprint density at radius 1 is 0.238 bits per heavy atom. The first-order valence-electron chi connectivity index (χ1n) is 35.7. The monoisotopic (exact) mass is 1330 g/mol. The highest BCUT2D eigenvalue weighted by Crippen LogP contribution is 2.51. The molecule has 0 spiro atoms. The van der Waals surface area contributed by atoms with E-state index in [2.05, 4.69) is 451 Å². The van der Waals surface area contributed by atoms with Crippen LogP contribution in [0.15, 0.2) is 304 Å². The maximum atomic E-state index is 2.48. The van der Waals surface area contributed by atoms with Crippen LogP contribution < -0.4 is 44.1 Å². The van der Waals surface area contributed by atoms with Gasteiger partial charge in [-0.15, -0.1) is 0 Å². The van der Waals surface area contributed by atoms with Crippen molar-refractivity contribution < 1.29 is 0 Å². The lowest BCUT2D eigenvalue weighted by atomic mass is 9.86. The Morgan fingerprint density at radius 3 is 0.931 bits per heavy atom. The molecule has 10 heteroatoms. The Kier molecular flexibility index (Phi) is 21.1. The van der Waals surface area contributed by atoms with E-state index in [1.165, 1.54) is 113 Å². The fourth-order valence-corrected chi connectivity index (χ4v) is 14.5. The Hall–Kier alpha value is -11.1. The average molecular weight is 1330 g/mol. The predicted molar refractivity (Wildman–Crippen MR) is 433 cm³/mol. The second-order valence-electron chi connectivity index (χ2n) is 28.0. The first kappa shape index (κ1) is 69.8. The number of anilines is 14. The quantitative estimate of drug-likeness (QED) is 0.147. The third kappa shape index (κ3) is 14.5. The highest BCUT2D eigenvalue weighted by atomic mass is 15.4. The summed E-state index contributed by atoms with van der Waals surface area (Å²) in [5, 5.41) is 0. The maximum Gasteiger partial charge on any atom is 0.108 e. The fourth-order valence-electron chi connectivity index (χ4n) is 14.5. The van der Waals surface area contributed by atoms with Crippen LogP contribution in [0.4, 0.5) is 79.6 Å². The normalized spacial score (nSPS) is 17.7. The molecular weight excluding hydrogens is 1230 g/mol. The van der Waals surface area contributed by atoms with Crippen LogP contribution in [0.25, 0.3) is 0 Å². The summed E-state index contributed by atoms with van der Waals surface area (Å²) in [5.74, 6) is 0. The van der Waals surface area contributed by atoms with Crippen LogP contribution in [0.5, 0.6) is 0 Å². The van der Waals surface area contributed by atoms with Crippen LogP contribution in [0.1, 0.15) is 88.8 Å². The molecule has 5 unspecified atom stereocenters. The van der Waals surface area contributed by atoms with E-state index < -0.39 is 0 Å². The van der Waals surface area contributed by atoms with Gasteiger partial charge in [0, 0.05) is 84.4 Å². The zero-order valence-corrected chi connectivity index (χ0v) is 61.7. The van der Waals surface area contributed by atoms with E-state index in [9.17, 15) is 0 Å². The lowest BCUT2D eigenvalue weighted by Crippen LogP contribution is -2.36. The summed E-state index contributed by atoms with van der Waals surface area (Å²) in [5.41, 5.74) is 25.8. The van der Waals surface area contributed by atoms with E-state index in [1.54, 1.807) is 0 Å². The minimum atomic E-state index is 0.121. The molecule has 0 amide bonds. The molecule has 101 heavy (non-hydrogen) atoms. The molecule has 16 rings (SSSR count). The summed E-state index contributed by atoms with van der Waals surface area (Å²) < 4.78 is 0. The van der Waals surface area contributed by atoms with E-state index in [-0.39, 0.29) is 17.7 Å². The molecule has 0 aliphatic carbocycles. The van der Waals surface area contributed by atoms with Gasteiger partial charge >= 0.3 is 0 Å². The molecule has 0 aromatic heterocycles. The molecule has 5 aliphatic heterocycles. The molecule has 5 atom stereocenters. The van der Waals surface area contributed by atoms with Gasteiger partial charge in [0.15, 0.2) is 0 Å². The van der Waals surface area contributed by atoms with Crippen molar-refractivity contribution in [3.63, 3.8) is 0 Å². The van der Waals surface area contributed by atoms with Crippen molar-refractivity contribution in [3.8, 4) is 0 Å². The Labute approximate surface area is 602 Å². The lowest BCUT2D eigenvalue weighted by Gasteiger charge is -2.31. The van der Waals surface area contributed by atoms with Crippen molar-refractivity contribution in [3.05, 3.63) is 337 Å². The zero-order valence-electron chi connectivity index (χ0n) is 61.7. The lowest BCUT2D eigenvalue weighted by molar-refractivity contribution is 0.383. The second kappa shape index (κ2) is 30.6. The number of hydrogen-bond acceptors (Lipinski definition) is 10. The van der Waals surface area contributed by atoms with Gasteiger partial charge in [0.1, 0.15) is 30.8 Å². The predicted octanol–water partition coefficient (Wildman–Crippen LogP) is 23.2. The molecule has 0 bridgehead atoms. The first-order valence-corrected chi connectivity index (χ1v) is 35.7. The van der Waals surface area contributed by atoms with Crippen molar-refractivity contribution in [2.24, 2.45) is 0 Å². The van der Waals surface area contributed by atoms with E-state index in [0.717, 1.165) is 0 Å². The van der Waals surface area contributed by atoms with E-state index in [0.29, 0.717) is 18.5 Å². The minimum absolute atomic E-state index is 0.121. The molecule has 10 nitrogen and oxygen atoms in total. The summed E-state index contributed by atoms with van der Waals surface area (Å²) in [6.45, 7) is 28.9. The summed E-state index contributed by atoms with van der Waals surface area (Å²) in [6, 6.07) is 98.8. The summed E-state index contributed by atoms with van der Waals surface area (Å²) in [7, 11) is 4.25. The maximum absolute atomic E-state index is 2.48.